The molecule has 0 aromatic heterocycles. The summed E-state index contributed by atoms with van der Waals surface area (Å²) in [6.45, 7) is 6.84. The maximum Gasteiger partial charge on any atom is -0.0236 e. The minimum absolute atomic E-state index is 0.844. The Hall–Kier alpha value is -0.260. The Morgan fingerprint density at radius 3 is 2.21 bits per heavy atom. The van der Waals surface area contributed by atoms with Crippen LogP contribution in [0.25, 0.3) is 0 Å². The zero-order chi connectivity index (χ0) is 10.6. The van der Waals surface area contributed by atoms with E-state index in [4.69, 9.17) is 0 Å². The van der Waals surface area contributed by atoms with E-state index >= 15 is 0 Å². The molecule has 84 valence electrons. The van der Waals surface area contributed by atoms with Gasteiger partial charge >= 0.3 is 0 Å². The highest BCUT2D eigenvalue weighted by Gasteiger charge is 1.99. The van der Waals surface area contributed by atoms with Gasteiger partial charge in [-0.15, -0.1) is 0 Å². The van der Waals surface area contributed by atoms with Crippen LogP contribution in [0.5, 0.6) is 0 Å². The predicted molar refractivity (Wildman–Crippen MR) is 66.6 cm³/mol. The number of unbranched alkanes of at least 4 members (excludes halogenated alkanes) is 4. The van der Waals surface area contributed by atoms with Gasteiger partial charge in [-0.05, 0) is 31.6 Å². The molecular formula is C14H28. The standard InChI is InChI=1S/C14H28/c1-4-7-9-10-11-13-14(6-3)12-8-5-2/h11,13-14H,4-10,12H2,1-3H3. The smallest absolute Gasteiger partial charge is 0.0236 e. The Balaban J connectivity index is 3.47. The van der Waals surface area contributed by atoms with Crippen LogP contribution >= 0.6 is 0 Å². The molecule has 0 radical (unpaired) electrons. The zero-order valence-electron chi connectivity index (χ0n) is 10.4. The molecule has 0 heterocycles. The first kappa shape index (κ1) is 13.7. The lowest BCUT2D eigenvalue weighted by atomic mass is 9.98. The number of allylic oxidation sites excluding steroid dienone is 2. The summed E-state index contributed by atoms with van der Waals surface area (Å²) in [6.07, 6.45) is 15.6. The third-order valence-electron chi connectivity index (χ3n) is 2.84. The van der Waals surface area contributed by atoms with E-state index in [0.29, 0.717) is 0 Å². The molecule has 1 unspecified atom stereocenters. The lowest BCUT2D eigenvalue weighted by Gasteiger charge is -2.08. The van der Waals surface area contributed by atoms with Gasteiger partial charge in [-0.2, -0.15) is 0 Å². The normalized spacial score (nSPS) is 13.6. The van der Waals surface area contributed by atoms with Gasteiger partial charge in [0.2, 0.25) is 0 Å². The van der Waals surface area contributed by atoms with Gasteiger partial charge in [0.15, 0.2) is 0 Å². The van der Waals surface area contributed by atoms with Crippen molar-refractivity contribution in [1.29, 1.82) is 0 Å². The molecule has 0 N–H and O–H groups in total. The van der Waals surface area contributed by atoms with Crippen molar-refractivity contribution in [3.8, 4) is 0 Å². The van der Waals surface area contributed by atoms with Crippen LogP contribution in [0.1, 0.15) is 72.1 Å². The quantitative estimate of drug-likeness (QED) is 0.345. The molecule has 0 aliphatic carbocycles. The molecule has 0 saturated carbocycles. The van der Waals surface area contributed by atoms with Crippen LogP contribution in [0, 0.1) is 5.92 Å². The van der Waals surface area contributed by atoms with Gasteiger partial charge < -0.3 is 0 Å². The summed E-state index contributed by atoms with van der Waals surface area (Å²) in [4.78, 5) is 0. The second-order valence-electron chi connectivity index (χ2n) is 4.23. The van der Waals surface area contributed by atoms with Crippen molar-refractivity contribution in [2.45, 2.75) is 72.1 Å². The van der Waals surface area contributed by atoms with Gasteiger partial charge in [0, 0.05) is 0 Å². The van der Waals surface area contributed by atoms with E-state index in [1.54, 1.807) is 0 Å². The predicted octanol–water partition coefficient (Wildman–Crippen LogP) is 5.34. The highest BCUT2D eigenvalue weighted by Crippen LogP contribution is 2.14. The van der Waals surface area contributed by atoms with E-state index in [1.807, 2.05) is 0 Å². The first-order valence-electron chi connectivity index (χ1n) is 6.51. The summed E-state index contributed by atoms with van der Waals surface area (Å²) >= 11 is 0. The molecule has 0 spiro atoms. The number of hydrogen-bond donors (Lipinski definition) is 0. The summed E-state index contributed by atoms with van der Waals surface area (Å²) < 4.78 is 0. The van der Waals surface area contributed by atoms with Crippen molar-refractivity contribution in [2.75, 3.05) is 0 Å². The molecule has 0 aromatic rings. The SMILES string of the molecule is CCCCCC=CC(CC)CCCC. The molecule has 0 aromatic carbocycles. The van der Waals surface area contributed by atoms with Crippen LogP contribution in [0.2, 0.25) is 0 Å². The average Bonchev–Trinajstić information content (AvgIpc) is 2.22. The molecular weight excluding hydrogens is 168 g/mol. The average molecular weight is 196 g/mol. The van der Waals surface area contributed by atoms with Gasteiger partial charge in [0.25, 0.3) is 0 Å². The van der Waals surface area contributed by atoms with E-state index in [0.717, 1.165) is 5.92 Å². The fourth-order valence-electron chi connectivity index (χ4n) is 1.70. The van der Waals surface area contributed by atoms with Gasteiger partial charge in [-0.25, -0.2) is 0 Å². The van der Waals surface area contributed by atoms with Gasteiger partial charge in [-0.3, -0.25) is 0 Å². The van der Waals surface area contributed by atoms with Crippen LogP contribution < -0.4 is 0 Å². The molecule has 0 amide bonds. The maximum atomic E-state index is 2.45. The van der Waals surface area contributed by atoms with Crippen LogP contribution in [0.3, 0.4) is 0 Å². The van der Waals surface area contributed by atoms with Gasteiger partial charge in [0.05, 0.1) is 0 Å². The van der Waals surface area contributed by atoms with Crippen LogP contribution in [-0.4, -0.2) is 0 Å². The van der Waals surface area contributed by atoms with E-state index in [-0.39, 0.29) is 0 Å². The van der Waals surface area contributed by atoms with E-state index in [9.17, 15) is 0 Å². The molecule has 0 saturated heterocycles. The maximum absolute atomic E-state index is 2.45. The fraction of sp³-hybridized carbons (Fsp3) is 0.857. The van der Waals surface area contributed by atoms with E-state index in [1.165, 1.54) is 51.4 Å². The molecule has 0 fully saturated rings. The van der Waals surface area contributed by atoms with E-state index < -0.39 is 0 Å². The largest absolute Gasteiger partial charge is 0.0883 e. The lowest BCUT2D eigenvalue weighted by molar-refractivity contribution is 0.538. The Morgan fingerprint density at radius 1 is 0.929 bits per heavy atom. The first-order chi connectivity index (χ1) is 6.85. The Morgan fingerprint density at radius 2 is 1.64 bits per heavy atom. The minimum atomic E-state index is 0.844. The molecule has 0 bridgehead atoms. The van der Waals surface area contributed by atoms with Crippen molar-refractivity contribution in [2.24, 2.45) is 5.92 Å². The third-order valence-corrected chi connectivity index (χ3v) is 2.84. The molecule has 1 atom stereocenters. The highest BCUT2D eigenvalue weighted by molar-refractivity contribution is 4.87. The zero-order valence-corrected chi connectivity index (χ0v) is 10.4. The summed E-state index contributed by atoms with van der Waals surface area (Å²) in [5.41, 5.74) is 0. The Labute approximate surface area is 90.8 Å². The van der Waals surface area contributed by atoms with Crippen LogP contribution in [0.15, 0.2) is 12.2 Å². The second kappa shape index (κ2) is 10.8. The van der Waals surface area contributed by atoms with Crippen molar-refractivity contribution in [3.63, 3.8) is 0 Å². The summed E-state index contributed by atoms with van der Waals surface area (Å²) in [6, 6.07) is 0. The highest BCUT2D eigenvalue weighted by atomic mass is 14.0. The van der Waals surface area contributed by atoms with Crippen LogP contribution in [0.4, 0.5) is 0 Å². The van der Waals surface area contributed by atoms with E-state index in [2.05, 4.69) is 32.9 Å². The molecule has 14 heavy (non-hydrogen) atoms. The lowest BCUT2D eigenvalue weighted by Crippen LogP contribution is -1.93. The van der Waals surface area contributed by atoms with Crippen molar-refractivity contribution in [1.82, 2.24) is 0 Å². The van der Waals surface area contributed by atoms with Gasteiger partial charge in [0.1, 0.15) is 0 Å². The monoisotopic (exact) mass is 196 g/mol. The molecule has 0 heteroatoms. The summed E-state index contributed by atoms with van der Waals surface area (Å²) in [5, 5.41) is 0. The van der Waals surface area contributed by atoms with Crippen molar-refractivity contribution in [3.05, 3.63) is 12.2 Å². The first-order valence-corrected chi connectivity index (χ1v) is 6.51. The number of hydrogen-bond acceptors (Lipinski definition) is 0. The molecule has 0 aliphatic rings. The van der Waals surface area contributed by atoms with Gasteiger partial charge in [-0.1, -0.05) is 58.6 Å². The molecule has 0 aliphatic heterocycles. The van der Waals surface area contributed by atoms with Crippen LogP contribution in [-0.2, 0) is 0 Å². The summed E-state index contributed by atoms with van der Waals surface area (Å²) in [7, 11) is 0. The molecule has 0 nitrogen and oxygen atoms in total. The van der Waals surface area contributed by atoms with Crippen molar-refractivity contribution < 1.29 is 0 Å². The summed E-state index contributed by atoms with van der Waals surface area (Å²) in [5.74, 6) is 0.844. The molecule has 0 rings (SSSR count). The fourth-order valence-corrected chi connectivity index (χ4v) is 1.70. The Bertz CT molecular complexity index is 124. The second-order valence-corrected chi connectivity index (χ2v) is 4.23. The minimum Gasteiger partial charge on any atom is -0.0883 e. The Kier molecular flexibility index (Phi) is 10.6. The van der Waals surface area contributed by atoms with Crippen molar-refractivity contribution >= 4 is 0 Å². The number of rotatable bonds is 9. The third kappa shape index (κ3) is 8.34. The topological polar surface area (TPSA) is 0 Å².